The van der Waals surface area contributed by atoms with E-state index in [2.05, 4.69) is 21.2 Å². The average Bonchev–Trinajstić information content (AvgIpc) is 2.53. The Kier molecular flexibility index (Phi) is 6.40. The molecule has 0 aliphatic carbocycles. The van der Waals surface area contributed by atoms with E-state index in [0.717, 1.165) is 6.42 Å². The van der Waals surface area contributed by atoms with E-state index in [4.69, 9.17) is 9.47 Å². The Morgan fingerprint density at radius 3 is 2.70 bits per heavy atom. The predicted molar refractivity (Wildman–Crippen MR) is 90.5 cm³/mol. The third-order valence-corrected chi connectivity index (χ3v) is 3.37. The molecule has 2 aromatic carbocycles. The SMILES string of the molecule is CCCOc1ccccc1NC(=O)COc1ccc(Br)cc1F. The topological polar surface area (TPSA) is 47.6 Å². The lowest BCUT2D eigenvalue weighted by atomic mass is 10.3. The number of amides is 1. The summed E-state index contributed by atoms with van der Waals surface area (Å²) >= 11 is 3.16. The predicted octanol–water partition coefficient (Wildman–Crippen LogP) is 4.39. The zero-order valence-electron chi connectivity index (χ0n) is 12.6. The highest BCUT2D eigenvalue weighted by atomic mass is 79.9. The van der Waals surface area contributed by atoms with Crippen LogP contribution in [-0.4, -0.2) is 19.1 Å². The highest BCUT2D eigenvalue weighted by molar-refractivity contribution is 9.10. The Hall–Kier alpha value is -2.08. The van der Waals surface area contributed by atoms with Crippen LogP contribution in [0, 0.1) is 5.82 Å². The van der Waals surface area contributed by atoms with Gasteiger partial charge in [0.25, 0.3) is 5.91 Å². The molecule has 0 aliphatic heterocycles. The van der Waals surface area contributed by atoms with Gasteiger partial charge in [-0.2, -0.15) is 0 Å². The van der Waals surface area contributed by atoms with Gasteiger partial charge in [-0.05, 0) is 36.8 Å². The molecule has 0 saturated heterocycles. The minimum absolute atomic E-state index is 0.0267. The molecule has 4 nitrogen and oxygen atoms in total. The molecule has 1 N–H and O–H groups in total. The zero-order chi connectivity index (χ0) is 16.7. The maximum Gasteiger partial charge on any atom is 0.262 e. The molecular weight excluding hydrogens is 365 g/mol. The van der Waals surface area contributed by atoms with Crippen LogP contribution in [0.15, 0.2) is 46.9 Å². The van der Waals surface area contributed by atoms with E-state index < -0.39 is 5.82 Å². The monoisotopic (exact) mass is 381 g/mol. The van der Waals surface area contributed by atoms with E-state index in [1.54, 1.807) is 24.3 Å². The molecule has 0 unspecified atom stereocenters. The lowest BCUT2D eigenvalue weighted by Crippen LogP contribution is -2.21. The molecule has 0 spiro atoms. The molecule has 2 aromatic rings. The van der Waals surface area contributed by atoms with Crippen molar-refractivity contribution in [1.29, 1.82) is 0 Å². The summed E-state index contributed by atoms with van der Waals surface area (Å²) in [5, 5.41) is 2.70. The first-order valence-corrected chi connectivity index (χ1v) is 7.99. The number of rotatable bonds is 7. The average molecular weight is 382 g/mol. The summed E-state index contributed by atoms with van der Waals surface area (Å²) in [5.41, 5.74) is 0.561. The van der Waals surface area contributed by atoms with E-state index in [1.165, 1.54) is 12.1 Å². The van der Waals surface area contributed by atoms with Gasteiger partial charge in [0.05, 0.1) is 12.3 Å². The fourth-order valence-corrected chi connectivity index (χ4v) is 2.16. The molecule has 2 rings (SSSR count). The maximum atomic E-state index is 13.6. The van der Waals surface area contributed by atoms with E-state index in [1.807, 2.05) is 13.0 Å². The molecule has 1 amide bonds. The maximum absolute atomic E-state index is 13.6. The van der Waals surface area contributed by atoms with Crippen LogP contribution in [0.2, 0.25) is 0 Å². The molecular formula is C17H17BrFNO3. The first-order chi connectivity index (χ1) is 11.1. The molecule has 0 aliphatic rings. The van der Waals surface area contributed by atoms with Crippen molar-refractivity contribution in [2.24, 2.45) is 0 Å². The number of hydrogen-bond acceptors (Lipinski definition) is 3. The minimum atomic E-state index is -0.529. The molecule has 0 atom stereocenters. The summed E-state index contributed by atoms with van der Waals surface area (Å²) in [5.74, 6) is -0.296. The second-order valence-corrected chi connectivity index (χ2v) is 5.67. The Balaban J connectivity index is 1.94. The van der Waals surface area contributed by atoms with Gasteiger partial charge in [-0.3, -0.25) is 4.79 Å². The molecule has 0 saturated carbocycles. The summed E-state index contributed by atoms with van der Waals surface area (Å²) in [6.45, 7) is 2.27. The van der Waals surface area contributed by atoms with Crippen LogP contribution in [0.5, 0.6) is 11.5 Å². The molecule has 0 aromatic heterocycles. The molecule has 0 heterocycles. The van der Waals surface area contributed by atoms with Gasteiger partial charge in [0.1, 0.15) is 5.75 Å². The normalized spacial score (nSPS) is 10.2. The Labute approximate surface area is 142 Å². The summed E-state index contributed by atoms with van der Waals surface area (Å²) in [6, 6.07) is 11.5. The van der Waals surface area contributed by atoms with Crippen LogP contribution in [0.3, 0.4) is 0 Å². The van der Waals surface area contributed by atoms with Crippen LogP contribution >= 0.6 is 15.9 Å². The smallest absolute Gasteiger partial charge is 0.262 e. The summed E-state index contributed by atoms with van der Waals surface area (Å²) in [4.78, 5) is 12.0. The lowest BCUT2D eigenvalue weighted by molar-refractivity contribution is -0.118. The van der Waals surface area contributed by atoms with Crippen LogP contribution in [0.4, 0.5) is 10.1 Å². The second kappa shape index (κ2) is 8.53. The van der Waals surface area contributed by atoms with Crippen molar-refractivity contribution in [3.8, 4) is 11.5 Å². The third kappa shape index (κ3) is 5.25. The Morgan fingerprint density at radius 1 is 1.17 bits per heavy atom. The molecule has 0 fully saturated rings. The van der Waals surface area contributed by atoms with Crippen molar-refractivity contribution >= 4 is 27.5 Å². The standard InChI is InChI=1S/C17H17BrFNO3/c1-2-9-22-16-6-4-3-5-14(16)20-17(21)11-23-15-8-7-12(18)10-13(15)19/h3-8,10H,2,9,11H2,1H3,(H,20,21). The van der Waals surface area contributed by atoms with Gasteiger partial charge < -0.3 is 14.8 Å². The molecule has 122 valence electrons. The van der Waals surface area contributed by atoms with Crippen molar-refractivity contribution in [3.05, 3.63) is 52.8 Å². The number of carbonyl (C=O) groups is 1. The van der Waals surface area contributed by atoms with Gasteiger partial charge in [0.15, 0.2) is 18.2 Å². The molecule has 0 bridgehead atoms. The van der Waals surface area contributed by atoms with E-state index in [-0.39, 0.29) is 18.3 Å². The largest absolute Gasteiger partial charge is 0.491 e. The highest BCUT2D eigenvalue weighted by Gasteiger charge is 2.10. The van der Waals surface area contributed by atoms with Gasteiger partial charge in [0, 0.05) is 4.47 Å². The zero-order valence-corrected chi connectivity index (χ0v) is 14.2. The van der Waals surface area contributed by atoms with Crippen molar-refractivity contribution in [2.45, 2.75) is 13.3 Å². The highest BCUT2D eigenvalue weighted by Crippen LogP contribution is 2.24. The number of halogens is 2. The van der Waals surface area contributed by atoms with Gasteiger partial charge >= 0.3 is 0 Å². The second-order valence-electron chi connectivity index (χ2n) is 4.76. The first-order valence-electron chi connectivity index (χ1n) is 7.19. The van der Waals surface area contributed by atoms with Crippen LogP contribution in [0.1, 0.15) is 13.3 Å². The number of para-hydroxylation sites is 2. The van der Waals surface area contributed by atoms with Gasteiger partial charge in [-0.1, -0.05) is 35.0 Å². The van der Waals surface area contributed by atoms with Crippen LogP contribution in [0.25, 0.3) is 0 Å². The van der Waals surface area contributed by atoms with E-state index in [0.29, 0.717) is 22.5 Å². The summed E-state index contributed by atoms with van der Waals surface area (Å²) in [7, 11) is 0. The van der Waals surface area contributed by atoms with Crippen LogP contribution in [-0.2, 0) is 4.79 Å². The van der Waals surface area contributed by atoms with Crippen LogP contribution < -0.4 is 14.8 Å². The number of nitrogens with one attached hydrogen (secondary N) is 1. The van der Waals surface area contributed by atoms with Crippen molar-refractivity contribution in [1.82, 2.24) is 0 Å². The van der Waals surface area contributed by atoms with Gasteiger partial charge in [-0.15, -0.1) is 0 Å². The fourth-order valence-electron chi connectivity index (χ4n) is 1.83. The van der Waals surface area contributed by atoms with Crippen molar-refractivity contribution in [2.75, 3.05) is 18.5 Å². The number of benzene rings is 2. The number of hydrogen-bond donors (Lipinski definition) is 1. The fraction of sp³-hybridized carbons (Fsp3) is 0.235. The minimum Gasteiger partial charge on any atom is -0.491 e. The third-order valence-electron chi connectivity index (χ3n) is 2.88. The number of anilines is 1. The number of ether oxygens (including phenoxy) is 2. The van der Waals surface area contributed by atoms with E-state index in [9.17, 15) is 9.18 Å². The summed E-state index contributed by atoms with van der Waals surface area (Å²) < 4.78 is 25.0. The molecule has 23 heavy (non-hydrogen) atoms. The molecule has 0 radical (unpaired) electrons. The van der Waals surface area contributed by atoms with Crippen molar-refractivity contribution < 1.29 is 18.7 Å². The first kappa shape index (κ1) is 17.3. The van der Waals surface area contributed by atoms with Gasteiger partial charge in [-0.25, -0.2) is 4.39 Å². The molecule has 6 heteroatoms. The summed E-state index contributed by atoms with van der Waals surface area (Å²) in [6.07, 6.45) is 0.869. The van der Waals surface area contributed by atoms with E-state index >= 15 is 0 Å². The van der Waals surface area contributed by atoms with Gasteiger partial charge in [0.2, 0.25) is 0 Å². The lowest BCUT2D eigenvalue weighted by Gasteiger charge is -2.12. The number of carbonyl (C=O) groups excluding carboxylic acids is 1. The van der Waals surface area contributed by atoms with Crippen molar-refractivity contribution in [3.63, 3.8) is 0 Å². The quantitative estimate of drug-likeness (QED) is 0.773. The Morgan fingerprint density at radius 2 is 1.96 bits per heavy atom. The Bertz CT molecular complexity index is 679.